The number of unbranched alkanes of at least 4 members (excludes halogenated alkanes) is 3. The van der Waals surface area contributed by atoms with E-state index in [2.05, 4.69) is 6.92 Å². The molecule has 0 amide bonds. The summed E-state index contributed by atoms with van der Waals surface area (Å²) in [6, 6.07) is 0. The van der Waals surface area contributed by atoms with E-state index < -0.39 is 37.1 Å². The summed E-state index contributed by atoms with van der Waals surface area (Å²) in [7, 11) is 0. The molecule has 1 fully saturated rings. The van der Waals surface area contributed by atoms with Crippen LogP contribution in [0.1, 0.15) is 39.0 Å². The fourth-order valence-electron chi connectivity index (χ4n) is 2.34. The van der Waals surface area contributed by atoms with Gasteiger partial charge >= 0.3 is 0 Å². The van der Waals surface area contributed by atoms with Gasteiger partial charge in [-0.15, -0.1) is 0 Å². The van der Waals surface area contributed by atoms with Gasteiger partial charge in [0.2, 0.25) is 0 Å². The van der Waals surface area contributed by atoms with E-state index in [0.29, 0.717) is 0 Å². The average molecular weight is 302 g/mol. The smallest absolute Gasteiger partial charge is 0.158 e. The van der Waals surface area contributed by atoms with E-state index >= 15 is 0 Å². The molecule has 0 spiro atoms. The molecule has 21 heavy (non-hydrogen) atoms. The number of carbonyl (C=O) groups is 1. The summed E-state index contributed by atoms with van der Waals surface area (Å²) >= 11 is 0. The monoisotopic (exact) mass is 302 g/mol. The molecule has 4 N–H and O–H groups in total. The van der Waals surface area contributed by atoms with Crippen LogP contribution in [0.15, 0.2) is 12.2 Å². The molecular weight excluding hydrogens is 276 g/mol. The molecule has 1 saturated heterocycles. The topological polar surface area (TPSA) is 107 Å². The highest BCUT2D eigenvalue weighted by atomic mass is 16.5. The second-order valence-corrected chi connectivity index (χ2v) is 5.44. The summed E-state index contributed by atoms with van der Waals surface area (Å²) < 4.78 is 5.28. The Morgan fingerprint density at radius 1 is 1.10 bits per heavy atom. The van der Waals surface area contributed by atoms with Gasteiger partial charge < -0.3 is 25.2 Å². The quantitative estimate of drug-likeness (QED) is 0.369. The lowest BCUT2D eigenvalue weighted by Gasteiger charge is -2.39. The van der Waals surface area contributed by atoms with Crippen LogP contribution < -0.4 is 0 Å². The molecule has 122 valence electrons. The van der Waals surface area contributed by atoms with Crippen molar-refractivity contribution in [3.63, 3.8) is 0 Å². The Labute approximate surface area is 125 Å². The van der Waals surface area contributed by atoms with Crippen molar-refractivity contribution in [2.24, 2.45) is 0 Å². The van der Waals surface area contributed by atoms with Crippen molar-refractivity contribution in [3.8, 4) is 0 Å². The number of aliphatic hydroxyl groups excluding tert-OH is 4. The number of hydrogen-bond acceptors (Lipinski definition) is 6. The summed E-state index contributed by atoms with van der Waals surface area (Å²) in [4.78, 5) is 11.8. The third kappa shape index (κ3) is 5.48. The number of allylic oxidation sites excluding steroid dienone is 2. The van der Waals surface area contributed by atoms with Gasteiger partial charge in [0.25, 0.3) is 0 Å². The highest BCUT2D eigenvalue weighted by Crippen LogP contribution is 2.23. The molecule has 0 aromatic rings. The lowest BCUT2D eigenvalue weighted by Crippen LogP contribution is -2.58. The van der Waals surface area contributed by atoms with Crippen LogP contribution in [0, 0.1) is 0 Å². The van der Waals surface area contributed by atoms with Crippen LogP contribution >= 0.6 is 0 Å². The minimum absolute atomic E-state index is 0.0915. The van der Waals surface area contributed by atoms with Gasteiger partial charge in [0.05, 0.1) is 12.7 Å². The van der Waals surface area contributed by atoms with Crippen molar-refractivity contribution in [3.05, 3.63) is 12.2 Å². The molecule has 6 nitrogen and oxygen atoms in total. The highest BCUT2D eigenvalue weighted by Gasteiger charge is 2.43. The first-order chi connectivity index (χ1) is 10.0. The molecule has 0 aromatic heterocycles. The van der Waals surface area contributed by atoms with Crippen molar-refractivity contribution in [2.45, 2.75) is 69.5 Å². The molecular formula is C15H26O6. The van der Waals surface area contributed by atoms with Gasteiger partial charge in [-0.3, -0.25) is 4.79 Å². The third-order valence-corrected chi connectivity index (χ3v) is 3.67. The minimum Gasteiger partial charge on any atom is -0.394 e. The fraction of sp³-hybridized carbons (Fsp3) is 0.800. The molecule has 0 aromatic carbocycles. The second-order valence-electron chi connectivity index (χ2n) is 5.44. The summed E-state index contributed by atoms with van der Waals surface area (Å²) in [5.74, 6) is -0.212. The Bertz CT molecular complexity index is 341. The largest absolute Gasteiger partial charge is 0.394 e. The summed E-state index contributed by atoms with van der Waals surface area (Å²) in [5.41, 5.74) is 0. The Kier molecular flexibility index (Phi) is 8.06. The van der Waals surface area contributed by atoms with E-state index in [1.165, 1.54) is 6.08 Å². The van der Waals surface area contributed by atoms with Gasteiger partial charge in [0, 0.05) is 6.42 Å². The summed E-state index contributed by atoms with van der Waals surface area (Å²) in [6.07, 6.45) is 1.20. The van der Waals surface area contributed by atoms with E-state index in [1.807, 2.05) is 0 Å². The lowest BCUT2D eigenvalue weighted by atomic mass is 9.92. The molecule has 1 rings (SSSR count). The van der Waals surface area contributed by atoms with Crippen LogP contribution in [0.2, 0.25) is 0 Å². The summed E-state index contributed by atoms with van der Waals surface area (Å²) in [6.45, 7) is 1.62. The maximum Gasteiger partial charge on any atom is 0.158 e. The Balaban J connectivity index is 2.47. The number of rotatable bonds is 8. The first-order valence-corrected chi connectivity index (χ1v) is 7.51. The van der Waals surface area contributed by atoms with E-state index in [9.17, 15) is 20.1 Å². The van der Waals surface area contributed by atoms with Crippen LogP contribution in [-0.2, 0) is 9.53 Å². The number of ether oxygens (including phenoxy) is 1. The Morgan fingerprint density at radius 3 is 2.38 bits per heavy atom. The first-order valence-electron chi connectivity index (χ1n) is 7.51. The molecule has 0 unspecified atom stereocenters. The van der Waals surface area contributed by atoms with Crippen LogP contribution in [-0.4, -0.2) is 63.3 Å². The number of carbonyl (C=O) groups excluding carboxylic acids is 1. The zero-order valence-electron chi connectivity index (χ0n) is 12.4. The number of ketones is 1. The second kappa shape index (κ2) is 9.27. The van der Waals surface area contributed by atoms with Crippen LogP contribution in [0.4, 0.5) is 0 Å². The van der Waals surface area contributed by atoms with Gasteiger partial charge in [-0.2, -0.15) is 0 Å². The Morgan fingerprint density at radius 2 is 1.76 bits per heavy atom. The normalized spacial score (nSPS) is 33.5. The molecule has 5 atom stereocenters. The van der Waals surface area contributed by atoms with Crippen molar-refractivity contribution >= 4 is 5.78 Å². The first kappa shape index (κ1) is 18.3. The highest BCUT2D eigenvalue weighted by molar-refractivity contribution is 5.90. The fourth-order valence-corrected chi connectivity index (χ4v) is 2.34. The van der Waals surface area contributed by atoms with Crippen LogP contribution in [0.3, 0.4) is 0 Å². The molecule has 0 bridgehead atoms. The van der Waals surface area contributed by atoms with Crippen molar-refractivity contribution in [2.75, 3.05) is 6.61 Å². The molecule has 0 aliphatic carbocycles. The SMILES string of the molecule is CCCCC/C=C/C(=O)C[C@@H]1O[C@H](CO)[C@@H](O)[C@H](O)[C@H]1O. The van der Waals surface area contributed by atoms with Crippen molar-refractivity contribution < 1.29 is 30.0 Å². The Hall–Kier alpha value is -0.790. The number of hydrogen-bond donors (Lipinski definition) is 4. The molecule has 6 heteroatoms. The average Bonchev–Trinajstić information content (AvgIpc) is 2.47. The zero-order valence-corrected chi connectivity index (χ0v) is 12.4. The zero-order chi connectivity index (χ0) is 15.8. The third-order valence-electron chi connectivity index (χ3n) is 3.67. The summed E-state index contributed by atoms with van der Waals surface area (Å²) in [5, 5.41) is 38.2. The molecule has 0 radical (unpaired) electrons. The lowest BCUT2D eigenvalue weighted by molar-refractivity contribution is -0.229. The molecule has 1 aliphatic rings. The molecule has 1 heterocycles. The van der Waals surface area contributed by atoms with Gasteiger partial charge in [-0.1, -0.05) is 25.8 Å². The van der Waals surface area contributed by atoms with Crippen molar-refractivity contribution in [1.82, 2.24) is 0 Å². The minimum atomic E-state index is -1.43. The van der Waals surface area contributed by atoms with Gasteiger partial charge in [0.15, 0.2) is 5.78 Å². The van der Waals surface area contributed by atoms with Crippen LogP contribution in [0.5, 0.6) is 0 Å². The molecule has 1 aliphatic heterocycles. The predicted octanol–water partition coefficient (Wildman–Crippen LogP) is -0.0755. The van der Waals surface area contributed by atoms with E-state index in [1.54, 1.807) is 6.08 Å². The predicted molar refractivity (Wildman–Crippen MR) is 76.7 cm³/mol. The van der Waals surface area contributed by atoms with E-state index in [0.717, 1.165) is 25.7 Å². The maximum absolute atomic E-state index is 11.8. The van der Waals surface area contributed by atoms with Gasteiger partial charge in [-0.05, 0) is 18.9 Å². The van der Waals surface area contributed by atoms with Gasteiger partial charge in [-0.25, -0.2) is 0 Å². The number of aliphatic hydroxyl groups is 4. The van der Waals surface area contributed by atoms with Crippen LogP contribution in [0.25, 0.3) is 0 Å². The maximum atomic E-state index is 11.8. The van der Waals surface area contributed by atoms with E-state index in [-0.39, 0.29) is 12.2 Å². The van der Waals surface area contributed by atoms with E-state index in [4.69, 9.17) is 9.84 Å². The standard InChI is InChI=1S/C15H26O6/c1-2-3-4-5-6-7-10(17)8-11-13(18)15(20)14(19)12(9-16)21-11/h6-7,11-16,18-20H,2-5,8-9H2,1H3/b7-6+/t11-,12+,13-,14+,15+/m0/s1. The van der Waals surface area contributed by atoms with Gasteiger partial charge in [0.1, 0.15) is 24.4 Å². The van der Waals surface area contributed by atoms with Crippen molar-refractivity contribution in [1.29, 1.82) is 0 Å². The molecule has 0 saturated carbocycles.